The third kappa shape index (κ3) is 13.8. The highest BCUT2D eigenvalue weighted by Crippen LogP contribution is 2.47. The van der Waals surface area contributed by atoms with E-state index in [4.69, 9.17) is 36.7 Å². The molecule has 0 amide bonds. The first-order chi connectivity index (χ1) is 28.3. The number of ether oxygens (including phenoxy) is 4. The number of carbonyl (C=O) groups is 1. The quantitative estimate of drug-likeness (QED) is 0.0511. The Morgan fingerprint density at radius 1 is 0.635 bits per heavy atom. The molecule has 1 aliphatic heterocycles. The van der Waals surface area contributed by atoms with Crippen molar-refractivity contribution in [1.29, 1.82) is 0 Å². The topological polar surface area (TPSA) is 177 Å². The summed E-state index contributed by atoms with van der Waals surface area (Å²) in [6, 6.07) is 9.18. The van der Waals surface area contributed by atoms with Crippen LogP contribution in [0.3, 0.4) is 0 Å². The van der Waals surface area contributed by atoms with Gasteiger partial charge in [0, 0.05) is 18.2 Å². The van der Waals surface area contributed by atoms with Gasteiger partial charge < -0.3 is 36.7 Å². The van der Waals surface area contributed by atoms with E-state index in [1.165, 1.54) is 36.4 Å². The number of rotatable bonds is 16. The number of carbonyl (C=O) groups excluding carboxylic acids is 1. The third-order valence-electron chi connectivity index (χ3n) is 13.8. The van der Waals surface area contributed by atoms with Crippen molar-refractivity contribution >= 4 is 50.8 Å². The van der Waals surface area contributed by atoms with Gasteiger partial charge in [-0.25, -0.2) is 4.79 Å². The van der Waals surface area contributed by atoms with Gasteiger partial charge >= 0.3 is 11.8 Å². The van der Waals surface area contributed by atoms with E-state index >= 15 is 0 Å². The summed E-state index contributed by atoms with van der Waals surface area (Å²) in [5.74, 6) is -0.0481. The lowest BCUT2D eigenvalue weighted by Crippen LogP contribution is -2.69. The minimum atomic E-state index is -2.65. The molecule has 5 atom stereocenters. The SMILES string of the molecule is CC(C)(C)[Si](C)(C)OCC1O[C@@H](Oc2ccc(COC(=O)Oc3ccc([N+](=O)[O-])cc3)cc2[N+](=O)[O-])[C@H](O[Si](C)(C)C(C)(C)C)C(O[Si](C)(C)C(C)(C)C)[C@H]1O[Si](C)(C)C(C)(C)C. The standard InChI is InChI=1S/C44H76N2O13Si4/c1-41(2,3)60(13,14)53-29-35-36(57-61(15,16)42(4,5)6)37(58-62(17,18)43(7,8)9)38(59-63(19,20)44(10,11)12)39(56-35)55-34-26-21-30(27-33(34)46(50)51)28-52-40(47)54-32-24-22-31(23-25-32)45(48)49/h21-27,35-39H,28-29H2,1-20H3/t35?,36-,37?,38+,39+/m0/s1. The lowest BCUT2D eigenvalue weighted by Gasteiger charge is -2.54. The van der Waals surface area contributed by atoms with Gasteiger partial charge in [-0.1, -0.05) is 89.2 Å². The molecular formula is C44H76N2O13Si4. The Morgan fingerprint density at radius 2 is 1.10 bits per heavy atom. The number of hydrogen-bond donors (Lipinski definition) is 0. The molecule has 0 radical (unpaired) electrons. The van der Waals surface area contributed by atoms with Gasteiger partial charge in [0.05, 0.1) is 16.5 Å². The Labute approximate surface area is 380 Å². The van der Waals surface area contributed by atoms with Crippen molar-refractivity contribution in [2.75, 3.05) is 6.61 Å². The summed E-state index contributed by atoms with van der Waals surface area (Å²) < 4.78 is 53.3. The highest BCUT2D eigenvalue weighted by Gasteiger charge is 2.58. The maximum absolute atomic E-state index is 12.8. The van der Waals surface area contributed by atoms with E-state index < -0.39 is 80.0 Å². The molecular weight excluding hydrogens is 877 g/mol. The van der Waals surface area contributed by atoms with Crippen molar-refractivity contribution in [2.24, 2.45) is 0 Å². The molecule has 1 saturated heterocycles. The molecule has 2 aromatic carbocycles. The van der Waals surface area contributed by atoms with E-state index in [9.17, 15) is 25.0 Å². The Balaban J connectivity index is 2.19. The molecule has 1 aliphatic rings. The number of nitro benzene ring substituents is 2. The second-order valence-electron chi connectivity index (χ2n) is 22.7. The van der Waals surface area contributed by atoms with Gasteiger partial charge in [-0.2, -0.15) is 0 Å². The molecule has 0 N–H and O–H groups in total. The van der Waals surface area contributed by atoms with Crippen LogP contribution in [0.25, 0.3) is 0 Å². The van der Waals surface area contributed by atoms with Crippen molar-refractivity contribution in [2.45, 2.75) is 193 Å². The van der Waals surface area contributed by atoms with Crippen LogP contribution in [0.4, 0.5) is 16.2 Å². The first kappa shape index (κ1) is 54.3. The van der Waals surface area contributed by atoms with Crippen LogP contribution in [0.2, 0.25) is 72.5 Å². The van der Waals surface area contributed by atoms with Gasteiger partial charge in [0.2, 0.25) is 6.29 Å². The molecule has 3 rings (SSSR count). The van der Waals surface area contributed by atoms with Crippen LogP contribution in [-0.4, -0.2) is 86.6 Å². The Morgan fingerprint density at radius 3 is 1.54 bits per heavy atom. The second-order valence-corrected chi connectivity index (χ2v) is 41.8. The number of non-ortho nitro benzene ring substituents is 1. The molecule has 0 aromatic heterocycles. The monoisotopic (exact) mass is 952 g/mol. The van der Waals surface area contributed by atoms with Crippen LogP contribution in [-0.2, 0) is 33.8 Å². The summed E-state index contributed by atoms with van der Waals surface area (Å²) in [7, 11) is -10.1. The zero-order valence-corrected chi connectivity index (χ0v) is 45.5. The normalized spacial score (nSPS) is 20.9. The molecule has 0 saturated carbocycles. The van der Waals surface area contributed by atoms with Gasteiger partial charge in [-0.05, 0) is 96.3 Å². The van der Waals surface area contributed by atoms with Gasteiger partial charge in [0.25, 0.3) is 5.69 Å². The summed E-state index contributed by atoms with van der Waals surface area (Å²) in [6.07, 6.45) is -5.23. The highest BCUT2D eigenvalue weighted by molar-refractivity contribution is 6.75. The van der Waals surface area contributed by atoms with Gasteiger partial charge in [-0.15, -0.1) is 0 Å². The number of nitrogens with zero attached hydrogens (tertiary/aromatic N) is 2. The van der Waals surface area contributed by atoms with Crippen LogP contribution in [0.15, 0.2) is 42.5 Å². The first-order valence-corrected chi connectivity index (χ1v) is 33.3. The minimum Gasteiger partial charge on any atom is -0.455 e. The molecule has 2 aromatic rings. The Kier molecular flexibility index (Phi) is 16.8. The smallest absolute Gasteiger partial charge is 0.455 e. The maximum atomic E-state index is 12.8. The minimum absolute atomic E-state index is 0.0306. The second kappa shape index (κ2) is 19.4. The van der Waals surface area contributed by atoms with E-state index in [1.54, 1.807) is 6.07 Å². The fraction of sp³-hybridized carbons (Fsp3) is 0.705. The maximum Gasteiger partial charge on any atom is 0.514 e. The molecule has 0 aliphatic carbocycles. The predicted molar refractivity (Wildman–Crippen MR) is 256 cm³/mol. The zero-order valence-electron chi connectivity index (χ0n) is 41.5. The Bertz CT molecular complexity index is 1910. The van der Waals surface area contributed by atoms with Crippen LogP contribution in [0.1, 0.15) is 88.6 Å². The third-order valence-corrected chi connectivity index (χ3v) is 31.7. The van der Waals surface area contributed by atoms with E-state index in [2.05, 4.69) is 135 Å². The summed E-state index contributed by atoms with van der Waals surface area (Å²) in [6.45, 7) is 43.4. The average molecular weight is 953 g/mol. The van der Waals surface area contributed by atoms with Gasteiger partial charge in [-0.3, -0.25) is 20.2 Å². The van der Waals surface area contributed by atoms with Crippen molar-refractivity contribution in [3.63, 3.8) is 0 Å². The summed E-state index contributed by atoms with van der Waals surface area (Å²) in [5, 5.41) is 23.0. The molecule has 356 valence electrons. The summed E-state index contributed by atoms with van der Waals surface area (Å²) >= 11 is 0. The van der Waals surface area contributed by atoms with E-state index in [1.807, 2.05) is 0 Å². The highest BCUT2D eigenvalue weighted by atomic mass is 28.4. The number of hydrogen-bond acceptors (Lipinski definition) is 13. The van der Waals surface area contributed by atoms with Crippen molar-refractivity contribution in [3.8, 4) is 11.5 Å². The lowest BCUT2D eigenvalue weighted by atomic mass is 9.99. The van der Waals surface area contributed by atoms with Crippen LogP contribution in [0.5, 0.6) is 11.5 Å². The largest absolute Gasteiger partial charge is 0.514 e. The lowest BCUT2D eigenvalue weighted by molar-refractivity contribution is -0.387. The number of nitro groups is 2. The Hall–Kier alpha value is -3.02. The molecule has 19 heteroatoms. The average Bonchev–Trinajstić information content (AvgIpc) is 3.10. The van der Waals surface area contributed by atoms with Gasteiger partial charge in [0.15, 0.2) is 39.0 Å². The van der Waals surface area contributed by atoms with Gasteiger partial charge in [0.1, 0.15) is 36.8 Å². The molecule has 1 heterocycles. The first-order valence-electron chi connectivity index (χ1n) is 21.7. The van der Waals surface area contributed by atoms with Crippen LogP contribution in [0, 0.1) is 20.2 Å². The molecule has 0 bridgehead atoms. The van der Waals surface area contributed by atoms with E-state index in [-0.39, 0.29) is 61.8 Å². The molecule has 15 nitrogen and oxygen atoms in total. The summed E-state index contributed by atoms with van der Waals surface area (Å²) in [4.78, 5) is 35.2. The van der Waals surface area contributed by atoms with Crippen molar-refractivity contribution < 1.29 is 51.3 Å². The van der Waals surface area contributed by atoms with E-state index in [0.29, 0.717) is 0 Å². The van der Waals surface area contributed by atoms with Crippen LogP contribution < -0.4 is 9.47 Å². The zero-order chi connectivity index (χ0) is 48.5. The molecule has 0 spiro atoms. The molecule has 63 heavy (non-hydrogen) atoms. The number of benzene rings is 2. The molecule has 2 unspecified atom stereocenters. The fourth-order valence-electron chi connectivity index (χ4n) is 5.49. The molecule has 1 fully saturated rings. The van der Waals surface area contributed by atoms with Crippen LogP contribution >= 0.6 is 0 Å². The summed E-state index contributed by atoms with van der Waals surface area (Å²) in [5.41, 5.74) is -0.268. The van der Waals surface area contributed by atoms with Crippen molar-refractivity contribution in [3.05, 3.63) is 68.3 Å². The van der Waals surface area contributed by atoms with Crippen molar-refractivity contribution in [1.82, 2.24) is 0 Å². The predicted octanol–water partition coefficient (Wildman–Crippen LogP) is 12.5. The fourth-order valence-corrected chi connectivity index (χ4v) is 10.4. The van der Waals surface area contributed by atoms with E-state index in [0.717, 1.165) is 0 Å².